The molecule has 0 aromatic heterocycles. The van der Waals surface area contributed by atoms with Crippen LogP contribution in [-0.4, -0.2) is 5.11 Å². The molecule has 0 saturated carbocycles. The predicted molar refractivity (Wildman–Crippen MR) is 74.7 cm³/mol. The first-order valence-corrected chi connectivity index (χ1v) is 6.59. The second-order valence-electron chi connectivity index (χ2n) is 6.18. The van der Waals surface area contributed by atoms with Crippen molar-refractivity contribution in [1.82, 2.24) is 0 Å². The molecule has 96 valence electrons. The summed E-state index contributed by atoms with van der Waals surface area (Å²) in [6, 6.07) is 6.17. The first kappa shape index (κ1) is 14.1. The minimum atomic E-state index is 0.0317. The molecule has 0 saturated heterocycles. The van der Waals surface area contributed by atoms with E-state index in [9.17, 15) is 5.11 Å². The van der Waals surface area contributed by atoms with Crippen LogP contribution >= 0.6 is 0 Å². The molecule has 0 aliphatic rings. The van der Waals surface area contributed by atoms with Gasteiger partial charge in [-0.1, -0.05) is 59.7 Å². The van der Waals surface area contributed by atoms with Gasteiger partial charge in [0, 0.05) is 0 Å². The van der Waals surface area contributed by atoms with Crippen molar-refractivity contribution in [2.24, 2.45) is 0 Å². The fourth-order valence-corrected chi connectivity index (χ4v) is 2.02. The van der Waals surface area contributed by atoms with E-state index in [0.29, 0.717) is 5.75 Å². The molecule has 1 nitrogen and oxygen atoms in total. The molecule has 17 heavy (non-hydrogen) atoms. The molecule has 1 aromatic rings. The number of rotatable bonds is 4. The quantitative estimate of drug-likeness (QED) is 0.795. The van der Waals surface area contributed by atoms with E-state index < -0.39 is 0 Å². The summed E-state index contributed by atoms with van der Waals surface area (Å²) in [7, 11) is 0. The zero-order chi connectivity index (χ0) is 13.3. The molecular weight excluding hydrogens is 208 g/mol. The summed E-state index contributed by atoms with van der Waals surface area (Å²) >= 11 is 0. The fourth-order valence-electron chi connectivity index (χ4n) is 2.02. The van der Waals surface area contributed by atoms with Crippen molar-refractivity contribution in [1.29, 1.82) is 0 Å². The minimum absolute atomic E-state index is 0.0317. The van der Waals surface area contributed by atoms with E-state index in [4.69, 9.17) is 0 Å². The highest BCUT2D eigenvalue weighted by molar-refractivity contribution is 5.47. The van der Waals surface area contributed by atoms with Crippen LogP contribution in [0.25, 0.3) is 0 Å². The summed E-state index contributed by atoms with van der Waals surface area (Å²) in [5.41, 5.74) is 2.20. The first-order chi connectivity index (χ1) is 7.76. The number of phenolic OH excluding ortho intramolecular Hbond substituents is 1. The third-order valence-electron chi connectivity index (χ3n) is 4.26. The summed E-state index contributed by atoms with van der Waals surface area (Å²) in [5, 5.41) is 10.5. The molecule has 0 fully saturated rings. The van der Waals surface area contributed by atoms with E-state index in [0.717, 1.165) is 24.0 Å². The van der Waals surface area contributed by atoms with E-state index >= 15 is 0 Å². The Kier molecular flexibility index (Phi) is 3.91. The smallest absolute Gasteiger partial charge is 0.123 e. The summed E-state index contributed by atoms with van der Waals surface area (Å²) < 4.78 is 0. The lowest BCUT2D eigenvalue weighted by Crippen LogP contribution is -2.20. The van der Waals surface area contributed by atoms with Crippen molar-refractivity contribution in [2.75, 3.05) is 0 Å². The van der Waals surface area contributed by atoms with E-state index in [-0.39, 0.29) is 10.8 Å². The number of aromatic hydroxyl groups is 1. The number of benzene rings is 1. The maximum atomic E-state index is 10.5. The summed E-state index contributed by atoms with van der Waals surface area (Å²) in [4.78, 5) is 0. The van der Waals surface area contributed by atoms with Crippen LogP contribution in [0.15, 0.2) is 18.2 Å². The van der Waals surface area contributed by atoms with E-state index in [1.165, 1.54) is 0 Å². The van der Waals surface area contributed by atoms with Gasteiger partial charge in [0.25, 0.3) is 0 Å². The molecule has 1 rings (SSSR count). The fraction of sp³-hybridized carbons (Fsp3) is 0.625. The summed E-state index contributed by atoms with van der Waals surface area (Å²) in [6.45, 7) is 13.1. The normalized spacial score (nSPS) is 12.8. The first-order valence-electron chi connectivity index (χ1n) is 6.59. The van der Waals surface area contributed by atoms with Crippen molar-refractivity contribution >= 4 is 0 Å². The standard InChI is InChI=1S/C16H26O/c1-7-15(3,4)12-10-9-11-13(14(12)17)16(5,6)8-2/h9-11,17H,7-8H2,1-6H3. The molecule has 0 heterocycles. The third-order valence-corrected chi connectivity index (χ3v) is 4.26. The molecule has 0 bridgehead atoms. The molecule has 0 radical (unpaired) electrons. The molecule has 0 atom stereocenters. The Balaban J connectivity index is 3.36. The van der Waals surface area contributed by atoms with Gasteiger partial charge in [0.05, 0.1) is 0 Å². The highest BCUT2D eigenvalue weighted by Crippen LogP contribution is 2.41. The van der Waals surface area contributed by atoms with E-state index in [1.807, 2.05) is 12.1 Å². The number of hydrogen-bond acceptors (Lipinski definition) is 1. The van der Waals surface area contributed by atoms with E-state index in [1.54, 1.807) is 0 Å². The van der Waals surface area contributed by atoms with Crippen LogP contribution in [0.2, 0.25) is 0 Å². The molecule has 0 spiro atoms. The lowest BCUT2D eigenvalue weighted by atomic mass is 9.76. The zero-order valence-corrected chi connectivity index (χ0v) is 12.1. The highest BCUT2D eigenvalue weighted by Gasteiger charge is 2.28. The van der Waals surface area contributed by atoms with Gasteiger partial charge in [-0.25, -0.2) is 0 Å². The van der Waals surface area contributed by atoms with Gasteiger partial charge in [-0.2, -0.15) is 0 Å². The second-order valence-corrected chi connectivity index (χ2v) is 6.18. The van der Waals surface area contributed by atoms with Crippen molar-refractivity contribution in [3.63, 3.8) is 0 Å². The van der Waals surface area contributed by atoms with Gasteiger partial charge in [-0.15, -0.1) is 0 Å². The topological polar surface area (TPSA) is 20.2 Å². The SMILES string of the molecule is CCC(C)(C)c1cccc(C(C)(C)CC)c1O. The summed E-state index contributed by atoms with van der Waals surface area (Å²) in [6.07, 6.45) is 2.05. The molecule has 1 aromatic carbocycles. The number of hydrogen-bond donors (Lipinski definition) is 1. The van der Waals surface area contributed by atoms with Gasteiger partial charge in [0.2, 0.25) is 0 Å². The average molecular weight is 234 g/mol. The molecule has 0 aliphatic heterocycles. The van der Waals surface area contributed by atoms with Crippen LogP contribution < -0.4 is 0 Å². The van der Waals surface area contributed by atoms with Crippen molar-refractivity contribution in [3.05, 3.63) is 29.3 Å². The van der Waals surface area contributed by atoms with Crippen molar-refractivity contribution in [2.45, 2.75) is 65.2 Å². The van der Waals surface area contributed by atoms with Crippen LogP contribution in [-0.2, 0) is 10.8 Å². The Labute approximate surface area is 106 Å². The lowest BCUT2D eigenvalue weighted by molar-refractivity contribution is 0.400. The Bertz CT molecular complexity index is 354. The van der Waals surface area contributed by atoms with Crippen LogP contribution in [0.1, 0.15) is 65.5 Å². The van der Waals surface area contributed by atoms with Gasteiger partial charge >= 0.3 is 0 Å². The molecule has 0 unspecified atom stereocenters. The number of phenols is 1. The lowest BCUT2D eigenvalue weighted by Gasteiger charge is -2.30. The van der Waals surface area contributed by atoms with Gasteiger partial charge in [-0.05, 0) is 34.8 Å². The summed E-state index contributed by atoms with van der Waals surface area (Å²) in [5.74, 6) is 0.492. The highest BCUT2D eigenvalue weighted by atomic mass is 16.3. The maximum absolute atomic E-state index is 10.5. The zero-order valence-electron chi connectivity index (χ0n) is 12.1. The Hall–Kier alpha value is -0.980. The Morgan fingerprint density at radius 2 is 1.24 bits per heavy atom. The van der Waals surface area contributed by atoms with Crippen molar-refractivity contribution in [3.8, 4) is 5.75 Å². The molecule has 1 N–H and O–H groups in total. The second kappa shape index (κ2) is 4.72. The van der Waals surface area contributed by atoms with Gasteiger partial charge < -0.3 is 5.11 Å². The van der Waals surface area contributed by atoms with Crippen LogP contribution in [0, 0.1) is 0 Å². The maximum Gasteiger partial charge on any atom is 0.123 e. The molecular formula is C16H26O. The molecule has 1 heteroatoms. The Morgan fingerprint density at radius 1 is 0.882 bits per heavy atom. The van der Waals surface area contributed by atoms with Gasteiger partial charge in [0.15, 0.2) is 0 Å². The largest absolute Gasteiger partial charge is 0.507 e. The Morgan fingerprint density at radius 3 is 1.53 bits per heavy atom. The van der Waals surface area contributed by atoms with Gasteiger partial charge in [-0.3, -0.25) is 0 Å². The number of para-hydroxylation sites is 1. The third kappa shape index (κ3) is 2.65. The minimum Gasteiger partial charge on any atom is -0.507 e. The van der Waals surface area contributed by atoms with E-state index in [2.05, 4.69) is 47.6 Å². The monoisotopic (exact) mass is 234 g/mol. The molecule has 0 amide bonds. The van der Waals surface area contributed by atoms with Crippen LogP contribution in [0.3, 0.4) is 0 Å². The van der Waals surface area contributed by atoms with Crippen LogP contribution in [0.5, 0.6) is 5.75 Å². The van der Waals surface area contributed by atoms with Gasteiger partial charge in [0.1, 0.15) is 5.75 Å². The predicted octanol–water partition coefficient (Wildman–Crippen LogP) is 4.77. The average Bonchev–Trinajstić information content (AvgIpc) is 2.28. The van der Waals surface area contributed by atoms with Crippen LogP contribution in [0.4, 0.5) is 0 Å². The molecule has 0 aliphatic carbocycles. The van der Waals surface area contributed by atoms with Crippen molar-refractivity contribution < 1.29 is 5.11 Å².